The first kappa shape index (κ1) is 51.2. The Morgan fingerprint density at radius 1 is 0.661 bits per heavy atom. The van der Waals surface area contributed by atoms with E-state index in [0.717, 1.165) is 0 Å². The topological polar surface area (TPSA) is 200 Å². The number of cyclic esters (lactones) is 1. The molecule has 0 bridgehead atoms. The minimum absolute atomic E-state index is 0.0265. The monoisotopic (exact) mass is 880 g/mol. The molecule has 62 heavy (non-hydrogen) atoms. The second kappa shape index (κ2) is 24.5. The van der Waals surface area contributed by atoms with Crippen molar-refractivity contribution < 1.29 is 42.5 Å². The third-order valence-corrected chi connectivity index (χ3v) is 12.0. The molecule has 1 aliphatic rings. The smallest absolute Gasteiger partial charge is 0.311 e. The molecule has 2 aromatic carbocycles. The lowest BCUT2D eigenvalue weighted by atomic mass is 9.96. The maximum absolute atomic E-state index is 14.6. The summed E-state index contributed by atoms with van der Waals surface area (Å²) in [6.07, 6.45) is 1.34. The van der Waals surface area contributed by atoms with E-state index in [0.29, 0.717) is 24.0 Å². The van der Waals surface area contributed by atoms with Crippen LogP contribution in [-0.4, -0.2) is 124 Å². The van der Waals surface area contributed by atoms with E-state index in [4.69, 9.17) is 4.74 Å². The standard InChI is InChI=1S/C46H68N6O9S/c1-11-18-34-30(6)46(59)61-39(29(4)5)45(58)52(9)38(27-33-21-16-13-17-22-33)43(56)49-35(23-24-62(10)60)41(54)50-36(26-32-19-14-12-15-20-32)44(57)51(8)37(25-28(2)3)42(55)47-31(7)40(53)48-34/h12-17,19-22,28-31,34-39H,11,18,23-27H2,1-10H3,(H,47,55)(H,48,53)(H,49,56)(H,50,54)/t30-,31+,34?,35+,36+,37?,38?,39-,62?/m1/s1. The Kier molecular flexibility index (Phi) is 20.2. The van der Waals surface area contributed by atoms with Crippen LogP contribution in [0, 0.1) is 17.8 Å². The molecule has 4 unspecified atom stereocenters. The molecule has 0 aliphatic carbocycles. The summed E-state index contributed by atoms with van der Waals surface area (Å²) in [7, 11) is 1.53. The van der Waals surface area contributed by atoms with Gasteiger partial charge in [0.05, 0.1) is 5.92 Å². The maximum atomic E-state index is 14.6. The van der Waals surface area contributed by atoms with Crippen molar-refractivity contribution in [2.45, 2.75) is 129 Å². The van der Waals surface area contributed by atoms with Crippen LogP contribution in [0.5, 0.6) is 0 Å². The molecule has 0 spiro atoms. The van der Waals surface area contributed by atoms with Crippen LogP contribution in [-0.2, 0) is 61.9 Å². The maximum Gasteiger partial charge on any atom is 0.311 e. The Balaban J connectivity index is 2.22. The Bertz CT molecular complexity index is 1860. The van der Waals surface area contributed by atoms with E-state index in [-0.39, 0.29) is 37.4 Å². The number of hydrogen-bond donors (Lipinski definition) is 4. The van der Waals surface area contributed by atoms with Crippen LogP contribution >= 0.6 is 0 Å². The molecule has 1 fully saturated rings. The highest BCUT2D eigenvalue weighted by molar-refractivity contribution is 7.84. The van der Waals surface area contributed by atoms with Crippen molar-refractivity contribution in [3.8, 4) is 0 Å². The largest absolute Gasteiger partial charge is 0.452 e. The third kappa shape index (κ3) is 15.1. The van der Waals surface area contributed by atoms with E-state index >= 15 is 0 Å². The number of likely N-dealkylation sites (N-methyl/N-ethyl adjacent to an activating group) is 2. The lowest BCUT2D eigenvalue weighted by molar-refractivity contribution is -0.168. The van der Waals surface area contributed by atoms with Crippen molar-refractivity contribution in [2.75, 3.05) is 26.1 Å². The Morgan fingerprint density at radius 3 is 1.73 bits per heavy atom. The zero-order valence-corrected chi connectivity index (χ0v) is 38.8. The molecule has 6 amide bonds. The van der Waals surface area contributed by atoms with E-state index in [9.17, 15) is 37.8 Å². The Labute approximate surface area is 369 Å². The quantitative estimate of drug-likeness (QED) is 0.232. The van der Waals surface area contributed by atoms with Crippen molar-refractivity contribution in [1.29, 1.82) is 0 Å². The normalized spacial score (nSPS) is 26.2. The van der Waals surface area contributed by atoms with Gasteiger partial charge in [-0.3, -0.25) is 37.8 Å². The second-order valence-corrected chi connectivity index (χ2v) is 18.7. The highest BCUT2D eigenvalue weighted by Crippen LogP contribution is 2.21. The average Bonchev–Trinajstić information content (AvgIpc) is 3.23. The SMILES string of the molecule is CCCC1NC(=O)[C@H](C)NC(=O)C(CC(C)C)N(C)C(=O)[C@H](Cc2ccccc2)NC(=O)[C@H](CCS(C)=O)NC(=O)C(Cc2ccccc2)N(C)C(=O)[C@@H](C(C)C)OC(=O)[C@@H]1C. The summed E-state index contributed by atoms with van der Waals surface area (Å²) < 4.78 is 18.3. The number of rotatable bonds is 12. The summed E-state index contributed by atoms with van der Waals surface area (Å²) in [6.45, 7) is 12.2. The molecular formula is C46H68N6O9S. The number of carbonyl (C=O) groups excluding carboxylic acids is 7. The summed E-state index contributed by atoms with van der Waals surface area (Å²) in [6, 6.07) is 11.4. The number of nitrogens with one attached hydrogen (secondary N) is 4. The molecule has 16 heteroatoms. The predicted octanol–water partition coefficient (Wildman–Crippen LogP) is 2.92. The van der Waals surface area contributed by atoms with Crippen LogP contribution in [0.15, 0.2) is 60.7 Å². The van der Waals surface area contributed by atoms with Crippen LogP contribution in [0.1, 0.15) is 85.3 Å². The van der Waals surface area contributed by atoms with Crippen LogP contribution in [0.3, 0.4) is 0 Å². The molecular weight excluding hydrogens is 813 g/mol. The van der Waals surface area contributed by atoms with Gasteiger partial charge >= 0.3 is 5.97 Å². The minimum Gasteiger partial charge on any atom is -0.452 e. The molecule has 3 rings (SSSR count). The van der Waals surface area contributed by atoms with Gasteiger partial charge in [0.2, 0.25) is 29.5 Å². The number of carbonyl (C=O) groups is 7. The molecule has 0 saturated carbocycles. The highest BCUT2D eigenvalue weighted by Gasteiger charge is 2.40. The number of ether oxygens (including phenoxy) is 1. The van der Waals surface area contributed by atoms with Gasteiger partial charge in [-0.25, -0.2) is 0 Å². The van der Waals surface area contributed by atoms with E-state index in [2.05, 4.69) is 21.3 Å². The van der Waals surface area contributed by atoms with Crippen molar-refractivity contribution in [3.63, 3.8) is 0 Å². The second-order valence-electron chi connectivity index (χ2n) is 17.2. The first-order valence-electron chi connectivity index (χ1n) is 21.6. The lowest BCUT2D eigenvalue weighted by Crippen LogP contribution is -2.61. The van der Waals surface area contributed by atoms with Crippen LogP contribution in [0.2, 0.25) is 0 Å². The van der Waals surface area contributed by atoms with Crippen molar-refractivity contribution in [2.24, 2.45) is 17.8 Å². The lowest BCUT2D eigenvalue weighted by Gasteiger charge is -2.35. The predicted molar refractivity (Wildman–Crippen MR) is 239 cm³/mol. The molecule has 2 aromatic rings. The van der Waals surface area contributed by atoms with Gasteiger partial charge in [0.1, 0.15) is 30.2 Å². The van der Waals surface area contributed by atoms with Crippen LogP contribution in [0.25, 0.3) is 0 Å². The van der Waals surface area contributed by atoms with Gasteiger partial charge in [-0.1, -0.05) is 102 Å². The fourth-order valence-electron chi connectivity index (χ4n) is 7.34. The van der Waals surface area contributed by atoms with Crippen LogP contribution < -0.4 is 21.3 Å². The number of esters is 1. The number of amides is 6. The molecule has 1 saturated heterocycles. The van der Waals surface area contributed by atoms with E-state index < -0.39 is 106 Å². The van der Waals surface area contributed by atoms with Gasteiger partial charge in [-0.2, -0.15) is 0 Å². The number of nitrogens with zero attached hydrogens (tertiary/aromatic N) is 2. The van der Waals surface area contributed by atoms with E-state index in [1.54, 1.807) is 69.3 Å². The van der Waals surface area contributed by atoms with Crippen molar-refractivity contribution in [3.05, 3.63) is 71.8 Å². The first-order chi connectivity index (χ1) is 29.2. The van der Waals surface area contributed by atoms with Gasteiger partial charge in [0.25, 0.3) is 5.91 Å². The summed E-state index contributed by atoms with van der Waals surface area (Å²) >= 11 is 0. The van der Waals surface area contributed by atoms with Crippen molar-refractivity contribution in [1.82, 2.24) is 31.1 Å². The molecule has 15 nitrogen and oxygen atoms in total. The fraction of sp³-hybridized carbons (Fsp3) is 0.587. The molecule has 0 aromatic heterocycles. The summed E-state index contributed by atoms with van der Waals surface area (Å²) in [5, 5.41) is 11.3. The molecule has 4 N–H and O–H groups in total. The molecule has 342 valence electrons. The minimum atomic E-state index is -1.37. The summed E-state index contributed by atoms with van der Waals surface area (Å²) in [5.74, 6) is -6.06. The molecule has 1 heterocycles. The molecule has 1 aliphatic heterocycles. The summed E-state index contributed by atoms with van der Waals surface area (Å²) in [5.41, 5.74) is 1.42. The molecule has 0 radical (unpaired) electrons. The zero-order chi connectivity index (χ0) is 46.3. The number of benzene rings is 2. The van der Waals surface area contributed by atoms with Crippen LogP contribution in [0.4, 0.5) is 0 Å². The van der Waals surface area contributed by atoms with Crippen molar-refractivity contribution >= 4 is 52.2 Å². The van der Waals surface area contributed by atoms with E-state index in [1.165, 1.54) is 37.1 Å². The summed E-state index contributed by atoms with van der Waals surface area (Å²) in [4.78, 5) is 102. The average molecular weight is 881 g/mol. The molecule has 9 atom stereocenters. The number of hydrogen-bond acceptors (Lipinski definition) is 9. The highest BCUT2D eigenvalue weighted by atomic mass is 32.2. The Morgan fingerprint density at radius 2 is 1.19 bits per heavy atom. The Hall–Kier alpha value is -5.12. The zero-order valence-electron chi connectivity index (χ0n) is 38.0. The van der Waals surface area contributed by atoms with Gasteiger partial charge in [0, 0.05) is 55.8 Å². The van der Waals surface area contributed by atoms with Gasteiger partial charge < -0.3 is 35.8 Å². The van der Waals surface area contributed by atoms with Gasteiger partial charge in [-0.05, 0) is 56.1 Å². The van der Waals surface area contributed by atoms with Gasteiger partial charge in [-0.15, -0.1) is 0 Å². The van der Waals surface area contributed by atoms with E-state index in [1.807, 2.05) is 32.9 Å². The first-order valence-corrected chi connectivity index (χ1v) is 23.3. The third-order valence-electron chi connectivity index (χ3n) is 11.2. The van der Waals surface area contributed by atoms with Gasteiger partial charge in [0.15, 0.2) is 6.10 Å². The fourth-order valence-corrected chi connectivity index (χ4v) is 7.90.